The molecule has 1 aromatic heterocycles. The number of H-pyrrole nitrogens is 1. The van der Waals surface area contributed by atoms with Gasteiger partial charge in [0, 0.05) is 25.6 Å². The minimum Gasteiger partial charge on any atom is -0.332 e. The maximum Gasteiger partial charge on any atom is 0.260 e. The van der Waals surface area contributed by atoms with E-state index in [9.17, 15) is 8.42 Å². The van der Waals surface area contributed by atoms with Gasteiger partial charge < -0.3 is 10.7 Å². The lowest BCUT2D eigenvalue weighted by Gasteiger charge is -2.24. The van der Waals surface area contributed by atoms with E-state index in [1.807, 2.05) is 20.8 Å². The van der Waals surface area contributed by atoms with Crippen LogP contribution >= 0.6 is 0 Å². The lowest BCUT2D eigenvalue weighted by Crippen LogP contribution is -2.40. The molecule has 1 heterocycles. The molecule has 98 valence electrons. The third kappa shape index (κ3) is 3.05. The zero-order valence-electron chi connectivity index (χ0n) is 10.5. The molecule has 0 aliphatic rings. The Morgan fingerprint density at radius 1 is 1.53 bits per heavy atom. The number of nitrogens with one attached hydrogen (secondary N) is 1. The number of imidazole rings is 1. The fourth-order valence-electron chi connectivity index (χ4n) is 1.56. The van der Waals surface area contributed by atoms with Crippen LogP contribution in [0.5, 0.6) is 0 Å². The molecule has 0 aliphatic carbocycles. The number of nitrogens with two attached hydrogens (primary N) is 1. The molecule has 0 aromatic carbocycles. The van der Waals surface area contributed by atoms with Gasteiger partial charge in [0.05, 0.1) is 6.20 Å². The molecule has 6 nitrogen and oxygen atoms in total. The van der Waals surface area contributed by atoms with E-state index in [1.54, 1.807) is 0 Å². The molecule has 1 rings (SSSR count). The van der Waals surface area contributed by atoms with Gasteiger partial charge in [-0.1, -0.05) is 6.92 Å². The number of sulfonamides is 1. The second-order valence-corrected chi connectivity index (χ2v) is 5.90. The Balaban J connectivity index is 3.07. The minimum atomic E-state index is -3.52. The number of aromatic amines is 1. The number of aromatic nitrogens is 2. The quantitative estimate of drug-likeness (QED) is 0.771. The molecule has 17 heavy (non-hydrogen) atoms. The normalized spacial score (nSPS) is 12.6. The van der Waals surface area contributed by atoms with Crippen LogP contribution < -0.4 is 5.73 Å². The van der Waals surface area contributed by atoms with Crippen LogP contribution in [0, 0.1) is 0 Å². The van der Waals surface area contributed by atoms with Crippen molar-refractivity contribution in [1.29, 1.82) is 0 Å². The summed E-state index contributed by atoms with van der Waals surface area (Å²) in [6.45, 7) is 6.16. The van der Waals surface area contributed by atoms with E-state index < -0.39 is 10.0 Å². The maximum absolute atomic E-state index is 12.3. The Hall–Kier alpha value is -0.920. The third-order valence-electron chi connectivity index (χ3n) is 2.45. The van der Waals surface area contributed by atoms with Crippen LogP contribution in [0.3, 0.4) is 0 Å². The van der Waals surface area contributed by atoms with Gasteiger partial charge in [0.15, 0.2) is 5.03 Å². The van der Waals surface area contributed by atoms with Gasteiger partial charge in [-0.3, -0.25) is 0 Å². The van der Waals surface area contributed by atoms with E-state index in [0.29, 0.717) is 25.3 Å². The number of nitrogens with zero attached hydrogens (tertiary/aromatic N) is 2. The van der Waals surface area contributed by atoms with E-state index >= 15 is 0 Å². The summed E-state index contributed by atoms with van der Waals surface area (Å²) in [7, 11) is -3.52. The van der Waals surface area contributed by atoms with E-state index in [2.05, 4.69) is 9.97 Å². The summed E-state index contributed by atoms with van der Waals surface area (Å²) in [5.41, 5.74) is 5.44. The lowest BCUT2D eigenvalue weighted by atomic mass is 10.4. The van der Waals surface area contributed by atoms with Crippen molar-refractivity contribution in [2.24, 2.45) is 5.73 Å². The van der Waals surface area contributed by atoms with E-state index in [4.69, 9.17) is 5.73 Å². The van der Waals surface area contributed by atoms with Gasteiger partial charge in [0.1, 0.15) is 5.82 Å². The number of rotatable bonds is 6. The Labute approximate surface area is 102 Å². The molecule has 7 heteroatoms. The van der Waals surface area contributed by atoms with Crippen molar-refractivity contribution in [2.75, 3.05) is 13.1 Å². The highest BCUT2D eigenvalue weighted by Crippen LogP contribution is 2.15. The first-order valence-electron chi connectivity index (χ1n) is 5.69. The van der Waals surface area contributed by atoms with Gasteiger partial charge in [0.2, 0.25) is 0 Å². The first-order valence-corrected chi connectivity index (χ1v) is 7.13. The first-order chi connectivity index (χ1) is 7.93. The lowest BCUT2D eigenvalue weighted by molar-refractivity contribution is 0.360. The number of hydrogen-bond donors (Lipinski definition) is 2. The summed E-state index contributed by atoms with van der Waals surface area (Å²) in [4.78, 5) is 6.83. The van der Waals surface area contributed by atoms with Crippen LogP contribution in [-0.2, 0) is 16.4 Å². The molecule has 0 bridgehead atoms. The van der Waals surface area contributed by atoms with E-state index in [0.717, 1.165) is 0 Å². The maximum atomic E-state index is 12.3. The zero-order chi connectivity index (χ0) is 13.1. The van der Waals surface area contributed by atoms with Crippen LogP contribution in [0.25, 0.3) is 0 Å². The van der Waals surface area contributed by atoms with Crippen LogP contribution in [-0.4, -0.2) is 41.8 Å². The summed E-state index contributed by atoms with van der Waals surface area (Å²) in [6, 6.07) is -0.128. The predicted molar refractivity (Wildman–Crippen MR) is 66.0 cm³/mol. The molecular weight excluding hydrogens is 240 g/mol. The molecule has 0 fully saturated rings. The number of aryl methyl sites for hydroxylation is 1. The van der Waals surface area contributed by atoms with Gasteiger partial charge in [0.25, 0.3) is 10.0 Å². The Kier molecular flexibility index (Phi) is 4.67. The zero-order valence-corrected chi connectivity index (χ0v) is 11.3. The van der Waals surface area contributed by atoms with Crippen molar-refractivity contribution in [3.05, 3.63) is 12.0 Å². The summed E-state index contributed by atoms with van der Waals surface area (Å²) in [5.74, 6) is 0.667. The molecule has 0 aliphatic heterocycles. The summed E-state index contributed by atoms with van der Waals surface area (Å²) < 4.78 is 26.0. The summed E-state index contributed by atoms with van der Waals surface area (Å²) in [5, 5.41) is 0.136. The van der Waals surface area contributed by atoms with Gasteiger partial charge in [-0.05, 0) is 13.8 Å². The fraction of sp³-hybridized carbons (Fsp3) is 0.700. The van der Waals surface area contributed by atoms with E-state index in [-0.39, 0.29) is 11.1 Å². The van der Waals surface area contributed by atoms with Gasteiger partial charge in [-0.15, -0.1) is 0 Å². The van der Waals surface area contributed by atoms with Gasteiger partial charge >= 0.3 is 0 Å². The Morgan fingerprint density at radius 2 is 2.18 bits per heavy atom. The van der Waals surface area contributed by atoms with Crippen LogP contribution in [0.1, 0.15) is 26.6 Å². The standard InChI is InChI=1S/C10H20N4O2S/c1-4-9-12-7-10(13-9)17(15,16)14(6-5-11)8(2)3/h7-8H,4-6,11H2,1-3H3,(H,12,13). The molecule has 3 N–H and O–H groups in total. The predicted octanol–water partition coefficient (Wildman–Crippen LogP) is 0.330. The molecule has 0 saturated carbocycles. The van der Waals surface area contributed by atoms with Crippen molar-refractivity contribution in [1.82, 2.24) is 14.3 Å². The highest BCUT2D eigenvalue weighted by atomic mass is 32.2. The topological polar surface area (TPSA) is 92.1 Å². The average molecular weight is 260 g/mol. The van der Waals surface area contributed by atoms with Crippen LogP contribution in [0.2, 0.25) is 0 Å². The van der Waals surface area contributed by atoms with E-state index in [1.165, 1.54) is 10.5 Å². The fourth-order valence-corrected chi connectivity index (χ4v) is 3.15. The smallest absolute Gasteiger partial charge is 0.260 e. The second-order valence-electron chi connectivity index (χ2n) is 4.05. The van der Waals surface area contributed by atoms with Crippen LogP contribution in [0.15, 0.2) is 11.2 Å². The SMILES string of the molecule is CCc1ncc(S(=O)(=O)N(CCN)C(C)C)[nH]1. The third-order valence-corrected chi connectivity index (χ3v) is 4.44. The second kappa shape index (κ2) is 5.61. The molecule has 0 amide bonds. The van der Waals surface area contributed by atoms with Gasteiger partial charge in [-0.2, -0.15) is 4.31 Å². The first kappa shape index (κ1) is 14.1. The molecule has 0 unspecified atom stereocenters. The number of hydrogen-bond acceptors (Lipinski definition) is 4. The van der Waals surface area contributed by atoms with Crippen LogP contribution in [0.4, 0.5) is 0 Å². The molecule has 0 radical (unpaired) electrons. The van der Waals surface area contributed by atoms with Crippen molar-refractivity contribution in [3.8, 4) is 0 Å². The molecule has 0 spiro atoms. The van der Waals surface area contributed by atoms with Crippen molar-refractivity contribution >= 4 is 10.0 Å². The highest BCUT2D eigenvalue weighted by Gasteiger charge is 2.27. The summed E-state index contributed by atoms with van der Waals surface area (Å²) in [6.07, 6.45) is 2.04. The Bertz CT molecular complexity index is 453. The van der Waals surface area contributed by atoms with Gasteiger partial charge in [-0.25, -0.2) is 13.4 Å². The van der Waals surface area contributed by atoms with Crippen molar-refractivity contribution in [2.45, 2.75) is 38.3 Å². The molecule has 0 saturated heterocycles. The molecular formula is C10H20N4O2S. The summed E-state index contributed by atoms with van der Waals surface area (Å²) >= 11 is 0. The molecule has 0 atom stereocenters. The minimum absolute atomic E-state index is 0.128. The largest absolute Gasteiger partial charge is 0.332 e. The van der Waals surface area contributed by atoms with Crippen molar-refractivity contribution < 1.29 is 8.42 Å². The Morgan fingerprint density at radius 3 is 2.59 bits per heavy atom. The van der Waals surface area contributed by atoms with Crippen molar-refractivity contribution in [3.63, 3.8) is 0 Å². The highest BCUT2D eigenvalue weighted by molar-refractivity contribution is 7.89. The monoisotopic (exact) mass is 260 g/mol. The average Bonchev–Trinajstić information content (AvgIpc) is 2.74. The molecule has 1 aromatic rings.